The lowest BCUT2D eigenvalue weighted by molar-refractivity contribution is -0.148. The molecule has 0 aromatic heterocycles. The van der Waals surface area contributed by atoms with Crippen molar-refractivity contribution < 1.29 is 19.5 Å². The third-order valence-corrected chi connectivity index (χ3v) is 10.6. The van der Waals surface area contributed by atoms with Gasteiger partial charge in [0.2, 0.25) is 17.7 Å². The minimum Gasteiger partial charge on any atom is -0.394 e. The summed E-state index contributed by atoms with van der Waals surface area (Å²) in [5.74, 6) is -1.46. The second-order valence-corrected chi connectivity index (χ2v) is 13.3. The lowest BCUT2D eigenvalue weighted by Crippen LogP contribution is -2.59. The number of aliphatic hydroxyl groups excluding tert-OH is 1. The van der Waals surface area contributed by atoms with Gasteiger partial charge in [0, 0.05) is 30.9 Å². The summed E-state index contributed by atoms with van der Waals surface area (Å²) in [4.78, 5) is 47.7. The first kappa shape index (κ1) is 28.8. The number of amides is 3. The van der Waals surface area contributed by atoms with Gasteiger partial charge >= 0.3 is 0 Å². The predicted octanol–water partition coefficient (Wildman–Crippen LogP) is 3.33. The molecule has 7 atom stereocenters. The van der Waals surface area contributed by atoms with Gasteiger partial charge in [0.25, 0.3) is 0 Å². The van der Waals surface area contributed by atoms with Crippen LogP contribution in [0.5, 0.6) is 0 Å². The topological polar surface area (TPSA) is 81.2 Å². The molecule has 8 heteroatoms. The van der Waals surface area contributed by atoms with E-state index in [4.69, 9.17) is 0 Å². The Kier molecular flexibility index (Phi) is 8.71. The number of likely N-dealkylation sites (tertiary alicyclic amines) is 1. The van der Waals surface area contributed by atoms with Crippen molar-refractivity contribution in [3.05, 3.63) is 25.3 Å². The highest BCUT2D eigenvalue weighted by Gasteiger charge is 2.78. The average Bonchev–Trinajstić information content (AvgIpc) is 3.38. The van der Waals surface area contributed by atoms with Crippen LogP contribution in [0.2, 0.25) is 0 Å². The standard InChI is InChI=1S/C28H45N3O4S/c1-9-12-19(6)30(16-11-3)26(35)23-28-14-13-27(7,36-28)21(24(33)29(8)15-10-2)22(28)25(34)31(23)20(17-32)18(4)5/h10-11,18-23,32H,2-3,9,12-17H2,1,4-8H3/t19?,20-,21+,22-,23?,27-,28?/m0/s1. The smallest absolute Gasteiger partial charge is 0.247 e. The van der Waals surface area contributed by atoms with E-state index >= 15 is 0 Å². The average molecular weight is 520 g/mol. The van der Waals surface area contributed by atoms with Crippen LogP contribution in [0, 0.1) is 17.8 Å². The number of rotatable bonds is 12. The second-order valence-electron chi connectivity index (χ2n) is 11.4. The molecule has 3 aliphatic heterocycles. The third kappa shape index (κ3) is 4.42. The molecule has 3 unspecified atom stereocenters. The summed E-state index contributed by atoms with van der Waals surface area (Å²) in [6.07, 6.45) is 6.69. The number of nitrogens with zero attached hydrogens (tertiary/aromatic N) is 3. The van der Waals surface area contributed by atoms with Crippen LogP contribution >= 0.6 is 11.8 Å². The van der Waals surface area contributed by atoms with Gasteiger partial charge in [0.15, 0.2) is 0 Å². The molecule has 0 aromatic rings. The minimum absolute atomic E-state index is 0.00475. The summed E-state index contributed by atoms with van der Waals surface area (Å²) in [5, 5.41) is 10.4. The molecule has 0 aromatic carbocycles. The number of carbonyl (C=O) groups is 3. The van der Waals surface area contributed by atoms with Gasteiger partial charge in [-0.2, -0.15) is 0 Å². The number of hydrogen-bond donors (Lipinski definition) is 1. The molecule has 3 rings (SSSR count). The van der Waals surface area contributed by atoms with E-state index in [1.807, 2.05) is 25.7 Å². The van der Waals surface area contributed by atoms with Crippen LogP contribution in [0.3, 0.4) is 0 Å². The maximum atomic E-state index is 14.5. The highest BCUT2D eigenvalue weighted by molar-refractivity contribution is 8.02. The molecule has 36 heavy (non-hydrogen) atoms. The number of aliphatic hydroxyl groups is 1. The number of likely N-dealkylation sites (N-methyl/N-ethyl adjacent to an activating group) is 1. The number of hydrogen-bond acceptors (Lipinski definition) is 5. The summed E-state index contributed by atoms with van der Waals surface area (Å²) in [7, 11) is 1.75. The molecule has 3 heterocycles. The Bertz CT molecular complexity index is 894. The maximum absolute atomic E-state index is 14.5. The fourth-order valence-electron chi connectivity index (χ4n) is 6.87. The summed E-state index contributed by atoms with van der Waals surface area (Å²) >= 11 is 1.68. The van der Waals surface area contributed by atoms with Gasteiger partial charge in [0.05, 0.1) is 29.2 Å². The Morgan fingerprint density at radius 3 is 2.36 bits per heavy atom. The lowest BCUT2D eigenvalue weighted by atomic mass is 9.66. The van der Waals surface area contributed by atoms with Crippen molar-refractivity contribution in [2.75, 3.05) is 26.7 Å². The van der Waals surface area contributed by atoms with E-state index < -0.39 is 33.4 Å². The van der Waals surface area contributed by atoms with Crippen molar-refractivity contribution >= 4 is 29.5 Å². The predicted molar refractivity (Wildman–Crippen MR) is 145 cm³/mol. The Morgan fingerprint density at radius 2 is 1.83 bits per heavy atom. The Morgan fingerprint density at radius 1 is 1.19 bits per heavy atom. The molecule has 0 aliphatic carbocycles. The molecule has 0 radical (unpaired) electrons. The molecule has 3 saturated heterocycles. The van der Waals surface area contributed by atoms with Crippen molar-refractivity contribution in [1.82, 2.24) is 14.7 Å². The minimum atomic E-state index is -0.719. The van der Waals surface area contributed by atoms with Crippen LogP contribution < -0.4 is 0 Å². The van der Waals surface area contributed by atoms with Gasteiger partial charge in [-0.25, -0.2) is 0 Å². The van der Waals surface area contributed by atoms with E-state index in [0.717, 1.165) is 19.3 Å². The van der Waals surface area contributed by atoms with Gasteiger partial charge < -0.3 is 19.8 Å². The van der Waals surface area contributed by atoms with Gasteiger partial charge in [0.1, 0.15) is 6.04 Å². The molecule has 3 amide bonds. The fourth-order valence-corrected chi connectivity index (χ4v) is 9.20. The molecule has 0 saturated carbocycles. The van der Waals surface area contributed by atoms with Crippen molar-refractivity contribution in [2.24, 2.45) is 17.8 Å². The van der Waals surface area contributed by atoms with Crippen molar-refractivity contribution in [1.29, 1.82) is 0 Å². The van der Waals surface area contributed by atoms with Gasteiger partial charge in [-0.15, -0.1) is 24.9 Å². The first-order valence-electron chi connectivity index (χ1n) is 13.4. The maximum Gasteiger partial charge on any atom is 0.247 e. The molecular formula is C28H45N3O4S. The van der Waals surface area contributed by atoms with Crippen LogP contribution in [-0.4, -0.2) is 91.9 Å². The first-order chi connectivity index (χ1) is 16.9. The molecule has 3 fully saturated rings. The Balaban J connectivity index is 2.16. The van der Waals surface area contributed by atoms with E-state index in [9.17, 15) is 19.5 Å². The monoisotopic (exact) mass is 519 g/mol. The molecule has 3 aliphatic rings. The van der Waals surface area contributed by atoms with E-state index in [0.29, 0.717) is 19.5 Å². The molecule has 1 N–H and O–H groups in total. The molecule has 7 nitrogen and oxygen atoms in total. The summed E-state index contributed by atoms with van der Waals surface area (Å²) in [6.45, 7) is 18.4. The van der Waals surface area contributed by atoms with Crippen LogP contribution in [0.25, 0.3) is 0 Å². The van der Waals surface area contributed by atoms with E-state index in [2.05, 4.69) is 27.0 Å². The van der Waals surface area contributed by atoms with E-state index in [1.54, 1.807) is 40.8 Å². The second kappa shape index (κ2) is 10.9. The first-order valence-corrected chi connectivity index (χ1v) is 14.2. The SMILES string of the molecule is C=CCN(C)C(=O)[C@H]1[C@H]2C(=O)N([C@@H](CO)C(C)C)C(C(=O)N(CC=C)C(C)CCC)C23CC[C@]1(C)S3. The van der Waals surface area contributed by atoms with Crippen molar-refractivity contribution in [2.45, 2.75) is 87.9 Å². The summed E-state index contributed by atoms with van der Waals surface area (Å²) < 4.78 is -1.10. The quantitative estimate of drug-likeness (QED) is 0.400. The zero-order chi connectivity index (χ0) is 27.0. The van der Waals surface area contributed by atoms with Crippen LogP contribution in [0.15, 0.2) is 25.3 Å². The number of fused-ring (bicyclic) bond motifs is 1. The normalized spacial score (nSPS) is 32.4. The lowest BCUT2D eigenvalue weighted by Gasteiger charge is -2.42. The van der Waals surface area contributed by atoms with Crippen molar-refractivity contribution in [3.8, 4) is 0 Å². The van der Waals surface area contributed by atoms with Gasteiger partial charge in [-0.1, -0.05) is 39.3 Å². The molecular weight excluding hydrogens is 474 g/mol. The largest absolute Gasteiger partial charge is 0.394 e. The third-order valence-electron chi connectivity index (χ3n) is 8.65. The zero-order valence-electron chi connectivity index (χ0n) is 22.9. The van der Waals surface area contributed by atoms with Crippen LogP contribution in [-0.2, 0) is 14.4 Å². The highest BCUT2D eigenvalue weighted by atomic mass is 32.2. The summed E-state index contributed by atoms with van der Waals surface area (Å²) in [5.41, 5.74) is 0. The number of thioether (sulfide) groups is 1. The van der Waals surface area contributed by atoms with E-state index in [1.165, 1.54) is 0 Å². The van der Waals surface area contributed by atoms with Crippen LogP contribution in [0.4, 0.5) is 0 Å². The zero-order valence-corrected chi connectivity index (χ0v) is 23.7. The van der Waals surface area contributed by atoms with Crippen LogP contribution in [0.1, 0.15) is 60.3 Å². The van der Waals surface area contributed by atoms with E-state index in [-0.39, 0.29) is 36.3 Å². The Hall–Kier alpha value is -1.80. The Labute approximate surface area is 221 Å². The molecule has 2 bridgehead atoms. The molecule has 1 spiro atoms. The van der Waals surface area contributed by atoms with Gasteiger partial charge in [-0.3, -0.25) is 14.4 Å². The summed E-state index contributed by atoms with van der Waals surface area (Å²) in [6, 6.07) is -1.22. The highest BCUT2D eigenvalue weighted by Crippen LogP contribution is 2.72. The fraction of sp³-hybridized carbons (Fsp3) is 0.750. The number of carbonyl (C=O) groups excluding carboxylic acids is 3. The molecule has 202 valence electrons. The van der Waals surface area contributed by atoms with Gasteiger partial charge in [-0.05, 0) is 39.0 Å². The van der Waals surface area contributed by atoms with Crippen molar-refractivity contribution in [3.63, 3.8) is 0 Å².